The second-order valence-corrected chi connectivity index (χ2v) is 10.9. The van der Waals surface area contributed by atoms with Crippen LogP contribution in [-0.4, -0.2) is 72.1 Å². The van der Waals surface area contributed by atoms with Gasteiger partial charge in [0.2, 0.25) is 10.0 Å². The molecule has 3 rings (SSSR count). The van der Waals surface area contributed by atoms with Crippen molar-refractivity contribution in [1.82, 2.24) is 24.5 Å². The third-order valence-corrected chi connectivity index (χ3v) is 8.34. The highest BCUT2D eigenvalue weighted by Gasteiger charge is 2.29. The highest BCUT2D eigenvalue weighted by molar-refractivity contribution is 7.89. The molecule has 0 unspecified atom stereocenters. The van der Waals surface area contributed by atoms with Crippen molar-refractivity contribution in [3.63, 3.8) is 0 Å². The SMILES string of the molecule is CCCCc1ccc(S(=O)(=O)N2CCN(CC)CC2)cc1C(=N)NC(=O)c1nc(CCC)[nH]c1C. The van der Waals surface area contributed by atoms with Crippen LogP contribution >= 0.6 is 0 Å². The van der Waals surface area contributed by atoms with Gasteiger partial charge >= 0.3 is 0 Å². The smallest absolute Gasteiger partial charge is 0.277 e. The number of nitrogens with one attached hydrogen (secondary N) is 3. The number of aryl methyl sites for hydroxylation is 3. The first-order chi connectivity index (χ1) is 16.7. The van der Waals surface area contributed by atoms with Gasteiger partial charge in [-0.2, -0.15) is 4.31 Å². The molecule has 192 valence electrons. The van der Waals surface area contributed by atoms with Crippen LogP contribution in [0.15, 0.2) is 23.1 Å². The lowest BCUT2D eigenvalue weighted by Crippen LogP contribution is -2.48. The minimum Gasteiger partial charge on any atom is -0.345 e. The van der Waals surface area contributed by atoms with Crippen LogP contribution in [-0.2, 0) is 22.9 Å². The van der Waals surface area contributed by atoms with Gasteiger partial charge in [-0.25, -0.2) is 13.4 Å². The molecule has 35 heavy (non-hydrogen) atoms. The standard InChI is InChI=1S/C25H38N6O3S/c1-5-8-10-19-11-12-20(35(33,34)31-15-13-30(7-3)14-16-31)17-21(19)24(26)29-25(32)23-18(4)27-22(28-23)9-6-2/h11-12,17H,5-10,13-16H2,1-4H3,(H,27,28)(H2,26,29,32). The van der Waals surface area contributed by atoms with E-state index in [9.17, 15) is 13.2 Å². The predicted octanol–water partition coefficient (Wildman–Crippen LogP) is 3.09. The van der Waals surface area contributed by atoms with Crippen LogP contribution in [0.2, 0.25) is 0 Å². The largest absolute Gasteiger partial charge is 0.345 e. The Morgan fingerprint density at radius 2 is 1.83 bits per heavy atom. The van der Waals surface area contributed by atoms with Crippen molar-refractivity contribution in [3.05, 3.63) is 46.5 Å². The van der Waals surface area contributed by atoms with E-state index in [1.165, 1.54) is 10.4 Å². The van der Waals surface area contributed by atoms with Crippen molar-refractivity contribution >= 4 is 21.8 Å². The third kappa shape index (κ3) is 6.36. The van der Waals surface area contributed by atoms with Crippen molar-refractivity contribution in [2.24, 2.45) is 0 Å². The fourth-order valence-electron chi connectivity index (χ4n) is 4.31. The Morgan fingerprint density at radius 3 is 2.46 bits per heavy atom. The Balaban J connectivity index is 1.87. The number of carbonyl (C=O) groups is 1. The molecule has 0 bridgehead atoms. The van der Waals surface area contributed by atoms with E-state index in [1.54, 1.807) is 19.1 Å². The van der Waals surface area contributed by atoms with Crippen LogP contribution in [0.5, 0.6) is 0 Å². The number of amides is 1. The number of aromatic nitrogens is 2. The van der Waals surface area contributed by atoms with Crippen molar-refractivity contribution in [2.75, 3.05) is 32.7 Å². The molecule has 0 spiro atoms. The van der Waals surface area contributed by atoms with Gasteiger partial charge in [-0.05, 0) is 50.4 Å². The zero-order chi connectivity index (χ0) is 25.6. The number of carbonyl (C=O) groups excluding carboxylic acids is 1. The number of hydrogen-bond donors (Lipinski definition) is 3. The van der Waals surface area contributed by atoms with Gasteiger partial charge in [0.15, 0.2) is 0 Å². The summed E-state index contributed by atoms with van der Waals surface area (Å²) in [5, 5.41) is 11.3. The second kappa shape index (κ2) is 11.9. The molecular formula is C25H38N6O3S. The third-order valence-electron chi connectivity index (χ3n) is 6.44. The van der Waals surface area contributed by atoms with Crippen molar-refractivity contribution < 1.29 is 13.2 Å². The lowest BCUT2D eigenvalue weighted by atomic mass is 10.0. The summed E-state index contributed by atoms with van der Waals surface area (Å²) in [7, 11) is -3.70. The van der Waals surface area contributed by atoms with Crippen LogP contribution in [0.3, 0.4) is 0 Å². The summed E-state index contributed by atoms with van der Waals surface area (Å²) in [5.41, 5.74) is 2.18. The van der Waals surface area contributed by atoms with Gasteiger partial charge in [0, 0.05) is 43.9 Å². The molecule has 1 amide bonds. The minimum absolute atomic E-state index is 0.117. The molecule has 2 heterocycles. The first-order valence-electron chi connectivity index (χ1n) is 12.5. The van der Waals surface area contributed by atoms with Gasteiger partial charge < -0.3 is 15.2 Å². The number of benzene rings is 1. The molecule has 1 aliphatic heterocycles. The maximum atomic E-state index is 13.4. The molecule has 0 saturated carbocycles. The molecule has 1 aliphatic rings. The highest BCUT2D eigenvalue weighted by Crippen LogP contribution is 2.23. The predicted molar refractivity (Wildman–Crippen MR) is 138 cm³/mol. The second-order valence-electron chi connectivity index (χ2n) is 9.00. The summed E-state index contributed by atoms with van der Waals surface area (Å²) >= 11 is 0. The van der Waals surface area contributed by atoms with E-state index in [2.05, 4.69) is 34.0 Å². The molecule has 0 radical (unpaired) electrons. The van der Waals surface area contributed by atoms with E-state index >= 15 is 0 Å². The normalized spacial score (nSPS) is 15.3. The number of amidine groups is 1. The maximum Gasteiger partial charge on any atom is 0.277 e. The molecule has 1 aromatic heterocycles. The van der Waals surface area contributed by atoms with E-state index in [0.717, 1.165) is 43.6 Å². The van der Waals surface area contributed by atoms with E-state index < -0.39 is 15.9 Å². The summed E-state index contributed by atoms with van der Waals surface area (Å²) in [5.74, 6) is 0.145. The van der Waals surface area contributed by atoms with Gasteiger partial charge in [0.05, 0.1) is 4.90 Å². The summed E-state index contributed by atoms with van der Waals surface area (Å²) in [6.07, 6.45) is 4.20. The lowest BCUT2D eigenvalue weighted by Gasteiger charge is -2.33. The number of unbranched alkanes of at least 4 members (excludes halogenated alkanes) is 1. The molecule has 1 fully saturated rings. The zero-order valence-corrected chi connectivity index (χ0v) is 22.1. The Morgan fingerprint density at radius 1 is 1.11 bits per heavy atom. The van der Waals surface area contributed by atoms with Gasteiger partial charge in [-0.1, -0.05) is 33.3 Å². The molecule has 9 nitrogen and oxygen atoms in total. The Kier molecular flexibility index (Phi) is 9.21. The quantitative estimate of drug-likeness (QED) is 0.340. The summed E-state index contributed by atoms with van der Waals surface area (Å²) in [6.45, 7) is 11.1. The molecule has 1 saturated heterocycles. The monoisotopic (exact) mass is 502 g/mol. The summed E-state index contributed by atoms with van der Waals surface area (Å²) in [6, 6.07) is 4.94. The molecule has 0 atom stereocenters. The van der Waals surface area contributed by atoms with Crippen molar-refractivity contribution in [3.8, 4) is 0 Å². The Labute approximate surface area is 208 Å². The molecule has 0 aliphatic carbocycles. The van der Waals surface area contributed by atoms with Crippen molar-refractivity contribution in [1.29, 1.82) is 5.41 Å². The fourth-order valence-corrected chi connectivity index (χ4v) is 5.76. The fraction of sp³-hybridized carbons (Fsp3) is 0.560. The first kappa shape index (κ1) is 27.0. The number of sulfonamides is 1. The van der Waals surface area contributed by atoms with E-state index in [-0.39, 0.29) is 16.4 Å². The number of rotatable bonds is 10. The minimum atomic E-state index is -3.70. The van der Waals surface area contributed by atoms with Crippen LogP contribution in [0.4, 0.5) is 0 Å². The summed E-state index contributed by atoms with van der Waals surface area (Å²) < 4.78 is 28.2. The molecule has 3 N–H and O–H groups in total. The average Bonchev–Trinajstić information content (AvgIpc) is 3.22. The van der Waals surface area contributed by atoms with Crippen molar-refractivity contribution in [2.45, 2.75) is 64.7 Å². The molecule has 2 aromatic rings. The van der Waals surface area contributed by atoms with Gasteiger partial charge in [-0.3, -0.25) is 10.2 Å². The Hall–Kier alpha value is -2.56. The number of likely N-dealkylation sites (N-methyl/N-ethyl adjacent to an activating group) is 1. The van der Waals surface area contributed by atoms with Gasteiger partial charge in [0.1, 0.15) is 17.4 Å². The number of H-pyrrole nitrogens is 1. The maximum absolute atomic E-state index is 13.4. The molecular weight excluding hydrogens is 464 g/mol. The number of nitrogens with zero attached hydrogens (tertiary/aromatic N) is 3. The van der Waals surface area contributed by atoms with Crippen LogP contribution in [0.25, 0.3) is 0 Å². The molecule has 10 heteroatoms. The van der Waals surface area contributed by atoms with Crippen LogP contribution in [0, 0.1) is 12.3 Å². The lowest BCUT2D eigenvalue weighted by molar-refractivity contribution is 0.0972. The zero-order valence-electron chi connectivity index (χ0n) is 21.3. The summed E-state index contributed by atoms with van der Waals surface area (Å²) in [4.78, 5) is 22.8. The first-order valence-corrected chi connectivity index (χ1v) is 14.0. The van der Waals surface area contributed by atoms with E-state index in [1.807, 2.05) is 6.92 Å². The average molecular weight is 503 g/mol. The van der Waals surface area contributed by atoms with Gasteiger partial charge in [-0.15, -0.1) is 0 Å². The number of hydrogen-bond acceptors (Lipinski definition) is 6. The Bertz CT molecular complexity index is 1150. The number of aromatic amines is 1. The highest BCUT2D eigenvalue weighted by atomic mass is 32.2. The van der Waals surface area contributed by atoms with Crippen LogP contribution < -0.4 is 5.32 Å². The van der Waals surface area contributed by atoms with Gasteiger partial charge in [0.25, 0.3) is 5.91 Å². The topological polar surface area (TPSA) is 122 Å². The van der Waals surface area contributed by atoms with Crippen LogP contribution in [0.1, 0.15) is 73.2 Å². The number of piperazine rings is 1. The molecule has 1 aromatic carbocycles. The van der Waals surface area contributed by atoms with E-state index in [0.29, 0.717) is 43.9 Å². The number of imidazole rings is 1. The van der Waals surface area contributed by atoms with E-state index in [4.69, 9.17) is 5.41 Å².